The van der Waals surface area contributed by atoms with Crippen LogP contribution < -0.4 is 14.8 Å². The lowest BCUT2D eigenvalue weighted by Crippen LogP contribution is -2.23. The average Bonchev–Trinajstić information content (AvgIpc) is 3.56. The van der Waals surface area contributed by atoms with E-state index in [2.05, 4.69) is 25.0 Å². The number of hydrogen-bond acceptors (Lipinski definition) is 7. The monoisotopic (exact) mass is 451 g/mol. The number of aromatic nitrogens is 3. The molecule has 0 spiro atoms. The largest absolute Gasteiger partial charge is 0.454 e. The predicted molar refractivity (Wildman–Crippen MR) is 122 cm³/mol. The summed E-state index contributed by atoms with van der Waals surface area (Å²) in [6.45, 7) is 4.99. The van der Waals surface area contributed by atoms with Gasteiger partial charge in [0, 0.05) is 17.4 Å². The Balaban J connectivity index is 1.33. The third-order valence-electron chi connectivity index (χ3n) is 5.57. The third kappa shape index (κ3) is 4.44. The summed E-state index contributed by atoms with van der Waals surface area (Å²) in [7, 11) is 0. The van der Waals surface area contributed by atoms with Gasteiger partial charge < -0.3 is 14.8 Å². The molecule has 0 radical (unpaired) electrons. The van der Waals surface area contributed by atoms with Crippen molar-refractivity contribution in [1.82, 2.24) is 19.7 Å². The van der Waals surface area contributed by atoms with Gasteiger partial charge in [-0.3, -0.25) is 14.3 Å². The van der Waals surface area contributed by atoms with Crippen LogP contribution >= 0.6 is 11.8 Å². The van der Waals surface area contributed by atoms with Crippen molar-refractivity contribution >= 4 is 23.4 Å². The average molecular weight is 452 g/mol. The molecule has 1 N–H and O–H groups in total. The maximum atomic E-state index is 12.9. The number of hydrogen-bond donors (Lipinski definition) is 1. The van der Waals surface area contributed by atoms with E-state index in [9.17, 15) is 4.79 Å². The summed E-state index contributed by atoms with van der Waals surface area (Å²) < 4.78 is 12.8. The zero-order chi connectivity index (χ0) is 21.9. The quantitative estimate of drug-likeness (QED) is 0.549. The molecule has 166 valence electrons. The van der Waals surface area contributed by atoms with Crippen molar-refractivity contribution in [3.63, 3.8) is 0 Å². The predicted octanol–water partition coefficient (Wildman–Crippen LogP) is 3.71. The summed E-state index contributed by atoms with van der Waals surface area (Å²) in [5.41, 5.74) is 1.67. The van der Waals surface area contributed by atoms with Crippen LogP contribution in [0.2, 0.25) is 0 Å². The van der Waals surface area contributed by atoms with Gasteiger partial charge in [-0.2, -0.15) is 0 Å². The number of ether oxygens (including phenoxy) is 2. The number of benzene rings is 2. The van der Waals surface area contributed by atoms with Crippen molar-refractivity contribution < 1.29 is 14.3 Å². The molecule has 0 bridgehead atoms. The molecule has 1 fully saturated rings. The van der Waals surface area contributed by atoms with E-state index in [1.807, 2.05) is 43.3 Å². The molecule has 2 aromatic carbocycles. The van der Waals surface area contributed by atoms with Gasteiger partial charge in [0.15, 0.2) is 22.5 Å². The molecule has 32 heavy (non-hydrogen) atoms. The first-order chi connectivity index (χ1) is 15.7. The van der Waals surface area contributed by atoms with Crippen LogP contribution in [0.4, 0.5) is 5.69 Å². The molecule has 2 aliphatic rings. The lowest BCUT2D eigenvalue weighted by atomic mass is 10.2. The Hall–Kier alpha value is -3.04. The van der Waals surface area contributed by atoms with E-state index in [0.29, 0.717) is 22.3 Å². The maximum Gasteiger partial charge on any atom is 0.237 e. The van der Waals surface area contributed by atoms with E-state index in [1.165, 1.54) is 24.6 Å². The molecule has 1 amide bonds. The second-order valence-electron chi connectivity index (χ2n) is 7.87. The lowest BCUT2D eigenvalue weighted by molar-refractivity contribution is -0.115. The SMILES string of the molecule is C[C@@H](Sc1nnc(CN2CCCC2)n1-c1ccccc1)C(=O)Nc1ccc2c(c1)OCO2. The molecule has 1 atom stereocenters. The van der Waals surface area contributed by atoms with Crippen molar-refractivity contribution in [2.75, 3.05) is 25.2 Å². The Morgan fingerprint density at radius 3 is 2.69 bits per heavy atom. The number of carbonyl (C=O) groups is 1. The summed E-state index contributed by atoms with van der Waals surface area (Å²) in [6.07, 6.45) is 2.44. The fourth-order valence-electron chi connectivity index (χ4n) is 3.89. The molecular weight excluding hydrogens is 426 g/mol. The van der Waals surface area contributed by atoms with Crippen molar-refractivity contribution in [2.45, 2.75) is 36.7 Å². The molecule has 1 aromatic heterocycles. The van der Waals surface area contributed by atoms with Crippen molar-refractivity contribution in [3.05, 3.63) is 54.4 Å². The topological polar surface area (TPSA) is 81.5 Å². The number of carbonyl (C=O) groups excluding carboxylic acids is 1. The molecule has 5 rings (SSSR count). The lowest BCUT2D eigenvalue weighted by Gasteiger charge is -2.17. The number of para-hydroxylation sites is 1. The number of rotatable bonds is 7. The molecule has 3 heterocycles. The van der Waals surface area contributed by atoms with Gasteiger partial charge in [0.05, 0.1) is 11.8 Å². The first-order valence-corrected chi connectivity index (χ1v) is 11.6. The summed E-state index contributed by atoms with van der Waals surface area (Å²) in [5, 5.41) is 12.2. The van der Waals surface area contributed by atoms with Crippen LogP contribution in [0.15, 0.2) is 53.7 Å². The van der Waals surface area contributed by atoms with Crippen LogP contribution in [-0.4, -0.2) is 50.7 Å². The van der Waals surface area contributed by atoms with E-state index in [-0.39, 0.29) is 18.0 Å². The molecule has 8 nitrogen and oxygen atoms in total. The third-order valence-corrected chi connectivity index (χ3v) is 6.61. The van der Waals surface area contributed by atoms with E-state index in [1.54, 1.807) is 12.1 Å². The highest BCUT2D eigenvalue weighted by Crippen LogP contribution is 2.34. The number of fused-ring (bicyclic) bond motifs is 1. The van der Waals surface area contributed by atoms with Gasteiger partial charge in [0.2, 0.25) is 12.7 Å². The van der Waals surface area contributed by atoms with E-state index < -0.39 is 0 Å². The van der Waals surface area contributed by atoms with Crippen LogP contribution in [0.5, 0.6) is 11.5 Å². The first-order valence-electron chi connectivity index (χ1n) is 10.8. The summed E-state index contributed by atoms with van der Waals surface area (Å²) in [4.78, 5) is 15.3. The Bertz CT molecular complexity index is 1100. The number of likely N-dealkylation sites (tertiary alicyclic amines) is 1. The number of thioether (sulfide) groups is 1. The minimum atomic E-state index is -0.369. The van der Waals surface area contributed by atoms with E-state index in [4.69, 9.17) is 9.47 Å². The molecule has 3 aromatic rings. The molecule has 0 aliphatic carbocycles. The van der Waals surface area contributed by atoms with Gasteiger partial charge in [-0.1, -0.05) is 30.0 Å². The number of amides is 1. The summed E-state index contributed by atoms with van der Waals surface area (Å²) >= 11 is 1.40. The Labute approximate surface area is 190 Å². The minimum Gasteiger partial charge on any atom is -0.454 e. The Morgan fingerprint density at radius 2 is 1.88 bits per heavy atom. The Morgan fingerprint density at radius 1 is 1.09 bits per heavy atom. The standard InChI is InChI=1S/C23H25N5O3S/c1-16(22(29)24-17-9-10-19-20(13-17)31-15-30-19)32-23-26-25-21(14-27-11-5-6-12-27)28(23)18-7-3-2-4-8-18/h2-4,7-10,13,16H,5-6,11-12,14-15H2,1H3,(H,24,29)/t16-/m1/s1. The van der Waals surface area contributed by atoms with Gasteiger partial charge in [0.1, 0.15) is 0 Å². The van der Waals surface area contributed by atoms with E-state index >= 15 is 0 Å². The molecule has 1 saturated heterocycles. The van der Waals surface area contributed by atoms with Crippen molar-refractivity contribution in [3.8, 4) is 17.2 Å². The normalized spacial score (nSPS) is 16.3. The smallest absolute Gasteiger partial charge is 0.237 e. The Kier molecular flexibility index (Phi) is 6.00. The molecule has 9 heteroatoms. The zero-order valence-corrected chi connectivity index (χ0v) is 18.7. The van der Waals surface area contributed by atoms with Crippen LogP contribution in [-0.2, 0) is 11.3 Å². The summed E-state index contributed by atoms with van der Waals surface area (Å²) in [6, 6.07) is 15.4. The highest BCUT2D eigenvalue weighted by Gasteiger charge is 2.23. The number of anilines is 1. The second kappa shape index (κ2) is 9.22. The fourth-order valence-corrected chi connectivity index (χ4v) is 4.77. The fraction of sp³-hybridized carbons (Fsp3) is 0.348. The minimum absolute atomic E-state index is 0.113. The van der Waals surface area contributed by atoms with Crippen LogP contribution in [0.3, 0.4) is 0 Å². The van der Waals surface area contributed by atoms with Gasteiger partial charge in [0.25, 0.3) is 0 Å². The maximum absolute atomic E-state index is 12.9. The van der Waals surface area contributed by atoms with Crippen molar-refractivity contribution in [1.29, 1.82) is 0 Å². The first kappa shape index (κ1) is 20.8. The van der Waals surface area contributed by atoms with E-state index in [0.717, 1.165) is 31.1 Å². The van der Waals surface area contributed by atoms with Crippen LogP contribution in [0, 0.1) is 0 Å². The molecular formula is C23H25N5O3S. The summed E-state index contributed by atoms with van der Waals surface area (Å²) in [5.74, 6) is 2.10. The zero-order valence-electron chi connectivity index (χ0n) is 17.9. The van der Waals surface area contributed by atoms with Gasteiger partial charge in [-0.25, -0.2) is 0 Å². The molecule has 0 saturated carbocycles. The molecule has 0 unspecified atom stereocenters. The van der Waals surface area contributed by atoms with Gasteiger partial charge in [-0.05, 0) is 57.1 Å². The number of nitrogens with zero attached hydrogens (tertiary/aromatic N) is 4. The van der Waals surface area contributed by atoms with Crippen molar-refractivity contribution in [2.24, 2.45) is 0 Å². The second-order valence-corrected chi connectivity index (χ2v) is 9.18. The number of nitrogens with one attached hydrogen (secondary N) is 1. The van der Waals surface area contributed by atoms with Gasteiger partial charge in [-0.15, -0.1) is 10.2 Å². The highest BCUT2D eigenvalue weighted by atomic mass is 32.2. The van der Waals surface area contributed by atoms with Crippen LogP contribution in [0.25, 0.3) is 5.69 Å². The highest BCUT2D eigenvalue weighted by molar-refractivity contribution is 8.00. The molecule has 2 aliphatic heterocycles. The van der Waals surface area contributed by atoms with Gasteiger partial charge >= 0.3 is 0 Å². The van der Waals surface area contributed by atoms with Crippen LogP contribution in [0.1, 0.15) is 25.6 Å².